The van der Waals surface area contributed by atoms with Crippen LogP contribution in [0.5, 0.6) is 17.2 Å². The third kappa shape index (κ3) is 7.80. The molecular formula is C24H28O11. The Kier molecular flexibility index (Phi) is 12.5. The van der Waals surface area contributed by atoms with Gasteiger partial charge in [-0.1, -0.05) is 0 Å². The summed E-state index contributed by atoms with van der Waals surface area (Å²) >= 11 is 0. The Bertz CT molecular complexity index is 1030. The Morgan fingerprint density at radius 1 is 0.714 bits per heavy atom. The van der Waals surface area contributed by atoms with Crippen molar-refractivity contribution in [1.29, 1.82) is 0 Å². The van der Waals surface area contributed by atoms with Crippen LogP contribution in [-0.4, -0.2) is 66.7 Å². The van der Waals surface area contributed by atoms with E-state index in [1.807, 2.05) is 0 Å². The summed E-state index contributed by atoms with van der Waals surface area (Å²) in [6.45, 7) is 3.60. The van der Waals surface area contributed by atoms with Gasteiger partial charge in [0, 0.05) is 25.3 Å². The van der Waals surface area contributed by atoms with Crippen LogP contribution in [0.15, 0.2) is 24.3 Å². The normalized spacial score (nSPS) is 9.77. The fourth-order valence-electron chi connectivity index (χ4n) is 2.87. The molecule has 0 unspecified atom stereocenters. The molecule has 11 nitrogen and oxygen atoms in total. The largest absolute Gasteiger partial charge is 0.467 e. The Labute approximate surface area is 202 Å². The summed E-state index contributed by atoms with van der Waals surface area (Å²) in [6, 6.07) is 6.17. The van der Waals surface area contributed by atoms with Gasteiger partial charge >= 0.3 is 11.9 Å². The number of benzene rings is 2. The third-order valence-corrected chi connectivity index (χ3v) is 4.59. The van der Waals surface area contributed by atoms with E-state index < -0.39 is 11.9 Å². The Balaban J connectivity index is 0.000000351. The third-order valence-electron chi connectivity index (χ3n) is 4.59. The minimum absolute atomic E-state index is 0.00266. The summed E-state index contributed by atoms with van der Waals surface area (Å²) in [5.41, 5.74) is 1.86. The number of methoxy groups -OCH3 is 4. The molecule has 0 atom stereocenters. The molecule has 2 aromatic rings. The average molecular weight is 492 g/mol. The van der Waals surface area contributed by atoms with Crippen LogP contribution in [0.4, 0.5) is 0 Å². The van der Waals surface area contributed by atoms with Crippen molar-refractivity contribution in [3.05, 3.63) is 52.1 Å². The second kappa shape index (κ2) is 15.0. The number of rotatable bonds is 11. The van der Waals surface area contributed by atoms with E-state index >= 15 is 0 Å². The molecule has 0 saturated heterocycles. The maximum atomic E-state index is 11.7. The number of hydrogen-bond donors (Lipinski definition) is 0. The fourth-order valence-corrected chi connectivity index (χ4v) is 2.87. The Morgan fingerprint density at radius 3 is 1.60 bits per heavy atom. The lowest BCUT2D eigenvalue weighted by Gasteiger charge is -2.13. The number of esters is 2. The van der Waals surface area contributed by atoms with Gasteiger partial charge in [0.1, 0.15) is 34.7 Å². The first-order valence-corrected chi connectivity index (χ1v) is 10.0. The van der Waals surface area contributed by atoms with E-state index in [-0.39, 0.29) is 30.5 Å². The van der Waals surface area contributed by atoms with Gasteiger partial charge in [0.15, 0.2) is 13.6 Å². The first-order valence-electron chi connectivity index (χ1n) is 10.0. The molecule has 35 heavy (non-hydrogen) atoms. The molecule has 2 rings (SSSR count). The van der Waals surface area contributed by atoms with Crippen molar-refractivity contribution in [3.8, 4) is 17.2 Å². The lowest BCUT2D eigenvalue weighted by atomic mass is 10.0. The summed E-state index contributed by atoms with van der Waals surface area (Å²) in [4.78, 5) is 44.5. The maximum Gasteiger partial charge on any atom is 0.342 e. The molecule has 0 aliphatic rings. The van der Waals surface area contributed by atoms with Crippen LogP contribution in [0.3, 0.4) is 0 Å². The first-order chi connectivity index (χ1) is 16.8. The van der Waals surface area contributed by atoms with Gasteiger partial charge in [0.2, 0.25) is 0 Å². The molecule has 0 aliphatic carbocycles. The van der Waals surface area contributed by atoms with E-state index in [9.17, 15) is 19.2 Å². The first kappa shape index (κ1) is 29.1. The molecule has 0 fully saturated rings. The molecule has 11 heteroatoms. The minimum atomic E-state index is -0.574. The highest BCUT2D eigenvalue weighted by molar-refractivity contribution is 5.97. The molecule has 0 heterocycles. The standard InChI is InChI=1S/C12H14O6.C12H14O5/c1-8-9(17-6-13)4-5-10(18-7-15-2)11(8)12(14)16-3;1-8-9(6-13)4-5-10(17-7-15-2)11(8)12(14)16-3/h4-6H,7H2,1-3H3;4-6H,7H2,1-3H3. The quantitative estimate of drug-likeness (QED) is 0.260. The van der Waals surface area contributed by atoms with Crippen LogP contribution in [-0.2, 0) is 23.7 Å². The van der Waals surface area contributed by atoms with Crippen molar-refractivity contribution in [3.63, 3.8) is 0 Å². The number of ether oxygens (including phenoxy) is 7. The zero-order chi connectivity index (χ0) is 26.4. The van der Waals surface area contributed by atoms with Crippen molar-refractivity contribution in [2.45, 2.75) is 13.8 Å². The lowest BCUT2D eigenvalue weighted by molar-refractivity contribution is -0.120. The van der Waals surface area contributed by atoms with Gasteiger partial charge in [-0.2, -0.15) is 0 Å². The van der Waals surface area contributed by atoms with E-state index in [2.05, 4.69) is 9.47 Å². The number of aldehydes is 1. The summed E-state index contributed by atoms with van der Waals surface area (Å²) in [6.07, 6.45) is 0.682. The summed E-state index contributed by atoms with van der Waals surface area (Å²) in [5.74, 6) is -0.205. The SMILES string of the molecule is COCOc1ccc(C=O)c(C)c1C(=O)OC.COCOc1ccc(OC=O)c(C)c1C(=O)OC. The second-order valence-corrected chi connectivity index (χ2v) is 6.63. The topological polar surface area (TPSA) is 133 Å². The molecule has 0 saturated carbocycles. The zero-order valence-corrected chi connectivity index (χ0v) is 20.4. The number of hydrogen-bond acceptors (Lipinski definition) is 11. The highest BCUT2D eigenvalue weighted by atomic mass is 16.7. The highest BCUT2D eigenvalue weighted by Gasteiger charge is 2.20. The van der Waals surface area contributed by atoms with Crippen molar-refractivity contribution in [2.24, 2.45) is 0 Å². The molecule has 0 aromatic heterocycles. The molecular weight excluding hydrogens is 464 g/mol. The van der Waals surface area contributed by atoms with E-state index in [4.69, 9.17) is 23.7 Å². The van der Waals surface area contributed by atoms with Gasteiger partial charge in [-0.05, 0) is 43.7 Å². The smallest absolute Gasteiger partial charge is 0.342 e. The molecule has 0 aliphatic heterocycles. The molecule has 2 aromatic carbocycles. The van der Waals surface area contributed by atoms with E-state index in [1.165, 1.54) is 40.6 Å². The molecule has 190 valence electrons. The predicted octanol–water partition coefficient (Wildman–Crippen LogP) is 2.88. The van der Waals surface area contributed by atoms with E-state index in [0.29, 0.717) is 40.9 Å². The highest BCUT2D eigenvalue weighted by Crippen LogP contribution is 2.30. The lowest BCUT2D eigenvalue weighted by Crippen LogP contribution is -2.10. The van der Waals surface area contributed by atoms with Crippen LogP contribution >= 0.6 is 0 Å². The average Bonchev–Trinajstić information content (AvgIpc) is 2.87. The molecule has 0 amide bonds. The second-order valence-electron chi connectivity index (χ2n) is 6.63. The predicted molar refractivity (Wildman–Crippen MR) is 122 cm³/mol. The maximum absolute atomic E-state index is 11.7. The van der Waals surface area contributed by atoms with Crippen LogP contribution in [0, 0.1) is 13.8 Å². The van der Waals surface area contributed by atoms with Gasteiger partial charge in [-0.25, -0.2) is 9.59 Å². The van der Waals surface area contributed by atoms with Crippen LogP contribution in [0.1, 0.15) is 42.2 Å². The number of carbonyl (C=O) groups is 4. The van der Waals surface area contributed by atoms with Gasteiger partial charge in [0.25, 0.3) is 6.47 Å². The summed E-state index contributed by atoms with van der Waals surface area (Å²) < 4.78 is 34.1. The molecule has 0 N–H and O–H groups in total. The van der Waals surface area contributed by atoms with Crippen LogP contribution < -0.4 is 14.2 Å². The minimum Gasteiger partial charge on any atom is -0.467 e. The van der Waals surface area contributed by atoms with Crippen LogP contribution in [0.25, 0.3) is 0 Å². The van der Waals surface area contributed by atoms with Crippen molar-refractivity contribution >= 4 is 24.7 Å². The van der Waals surface area contributed by atoms with Gasteiger partial charge < -0.3 is 33.2 Å². The monoisotopic (exact) mass is 492 g/mol. The molecule has 0 bridgehead atoms. The Morgan fingerprint density at radius 2 is 1.17 bits per heavy atom. The number of carbonyl (C=O) groups excluding carboxylic acids is 4. The summed E-state index contributed by atoms with van der Waals surface area (Å²) in [7, 11) is 5.48. The fraction of sp³-hybridized carbons (Fsp3) is 0.333. The van der Waals surface area contributed by atoms with Crippen molar-refractivity contribution < 1.29 is 52.3 Å². The van der Waals surface area contributed by atoms with Crippen molar-refractivity contribution in [1.82, 2.24) is 0 Å². The Hall–Kier alpha value is -3.96. The summed E-state index contributed by atoms with van der Waals surface area (Å²) in [5, 5.41) is 0. The molecule has 0 spiro atoms. The molecule has 0 radical (unpaired) electrons. The van der Waals surface area contributed by atoms with Gasteiger partial charge in [-0.15, -0.1) is 0 Å². The van der Waals surface area contributed by atoms with E-state index in [0.717, 1.165) is 0 Å². The van der Waals surface area contributed by atoms with Gasteiger partial charge in [-0.3, -0.25) is 9.59 Å². The van der Waals surface area contributed by atoms with Crippen LogP contribution in [0.2, 0.25) is 0 Å². The van der Waals surface area contributed by atoms with Gasteiger partial charge in [0.05, 0.1) is 14.2 Å². The van der Waals surface area contributed by atoms with E-state index in [1.54, 1.807) is 26.0 Å². The zero-order valence-electron chi connectivity index (χ0n) is 20.4. The van der Waals surface area contributed by atoms with Crippen molar-refractivity contribution in [2.75, 3.05) is 42.0 Å².